The minimum absolute atomic E-state index is 0.0989. The predicted octanol–water partition coefficient (Wildman–Crippen LogP) is 2.45. The zero-order valence-electron chi connectivity index (χ0n) is 10.5. The molecular weight excluding hydrogens is 285 g/mol. The average Bonchev–Trinajstić information content (AvgIpc) is 2.31. The fraction of sp³-hybridized carbons (Fsp3) is 0.154. The van der Waals surface area contributed by atoms with Gasteiger partial charge >= 0.3 is 5.97 Å². The third-order valence-electron chi connectivity index (χ3n) is 2.74. The first-order valence-corrected chi connectivity index (χ1v) is 6.06. The van der Waals surface area contributed by atoms with E-state index in [9.17, 15) is 9.18 Å². The summed E-state index contributed by atoms with van der Waals surface area (Å²) in [6.07, 6.45) is 0.240. The number of nitrogen functional groups attached to an aromatic ring is 1. The minimum Gasteiger partial charge on any atom is -0.477 e. The molecule has 0 amide bonds. The molecule has 0 fully saturated rings. The monoisotopic (exact) mass is 295 g/mol. The summed E-state index contributed by atoms with van der Waals surface area (Å²) in [6.45, 7) is 1.54. The van der Waals surface area contributed by atoms with Gasteiger partial charge in [-0.1, -0.05) is 17.7 Å². The van der Waals surface area contributed by atoms with Crippen molar-refractivity contribution in [2.75, 3.05) is 5.73 Å². The molecule has 0 saturated heterocycles. The van der Waals surface area contributed by atoms with Crippen molar-refractivity contribution >= 4 is 23.4 Å². The van der Waals surface area contributed by atoms with Crippen molar-refractivity contribution in [3.05, 3.63) is 51.7 Å². The van der Waals surface area contributed by atoms with Crippen LogP contribution in [-0.2, 0) is 6.42 Å². The summed E-state index contributed by atoms with van der Waals surface area (Å²) in [7, 11) is 0. The van der Waals surface area contributed by atoms with Gasteiger partial charge in [0.05, 0.1) is 5.69 Å². The van der Waals surface area contributed by atoms with Gasteiger partial charge < -0.3 is 10.8 Å². The van der Waals surface area contributed by atoms with Crippen LogP contribution >= 0.6 is 11.6 Å². The Balaban J connectivity index is 2.37. The van der Waals surface area contributed by atoms with Crippen LogP contribution in [0.25, 0.3) is 0 Å². The van der Waals surface area contributed by atoms with E-state index >= 15 is 0 Å². The topological polar surface area (TPSA) is 89.1 Å². The number of aromatic carboxylic acids is 1. The van der Waals surface area contributed by atoms with Crippen molar-refractivity contribution in [3.63, 3.8) is 0 Å². The van der Waals surface area contributed by atoms with Crippen LogP contribution in [-0.4, -0.2) is 21.0 Å². The van der Waals surface area contributed by atoms with Crippen molar-refractivity contribution in [2.24, 2.45) is 0 Å². The van der Waals surface area contributed by atoms with E-state index in [4.69, 9.17) is 22.4 Å². The summed E-state index contributed by atoms with van der Waals surface area (Å²) >= 11 is 5.92. The average molecular weight is 296 g/mol. The number of hydrogen-bond acceptors (Lipinski definition) is 4. The largest absolute Gasteiger partial charge is 0.477 e. The van der Waals surface area contributed by atoms with Gasteiger partial charge in [0, 0.05) is 11.4 Å². The molecule has 1 heterocycles. The molecule has 20 heavy (non-hydrogen) atoms. The summed E-state index contributed by atoms with van der Waals surface area (Å²) in [4.78, 5) is 19.0. The van der Waals surface area contributed by atoms with Gasteiger partial charge in [-0.15, -0.1) is 0 Å². The third-order valence-corrected chi connectivity index (χ3v) is 3.09. The Morgan fingerprint density at radius 3 is 2.70 bits per heavy atom. The molecule has 0 saturated carbocycles. The molecule has 0 radical (unpaired) electrons. The quantitative estimate of drug-likeness (QED) is 0.908. The molecule has 0 atom stereocenters. The van der Waals surface area contributed by atoms with Gasteiger partial charge in [0.2, 0.25) is 0 Å². The van der Waals surface area contributed by atoms with Crippen LogP contribution < -0.4 is 5.73 Å². The number of carbonyl (C=O) groups is 1. The lowest BCUT2D eigenvalue weighted by molar-refractivity contribution is 0.0696. The van der Waals surface area contributed by atoms with Crippen LogP contribution in [0.3, 0.4) is 0 Å². The highest BCUT2D eigenvalue weighted by Gasteiger charge is 2.16. The second-order valence-electron chi connectivity index (χ2n) is 4.20. The van der Waals surface area contributed by atoms with Crippen molar-refractivity contribution in [1.29, 1.82) is 0 Å². The van der Waals surface area contributed by atoms with Crippen molar-refractivity contribution < 1.29 is 14.3 Å². The number of nitrogens with two attached hydrogens (primary N) is 1. The molecule has 0 spiro atoms. The fourth-order valence-corrected chi connectivity index (χ4v) is 2.07. The van der Waals surface area contributed by atoms with Gasteiger partial charge in [-0.3, -0.25) is 0 Å². The molecule has 2 rings (SSSR count). The van der Waals surface area contributed by atoms with E-state index in [2.05, 4.69) is 9.97 Å². The molecule has 0 aliphatic carbocycles. The van der Waals surface area contributed by atoms with Crippen LogP contribution in [0, 0.1) is 12.7 Å². The maximum absolute atomic E-state index is 13.0. The van der Waals surface area contributed by atoms with Gasteiger partial charge in [0.25, 0.3) is 0 Å². The first-order valence-electron chi connectivity index (χ1n) is 5.68. The number of aryl methyl sites for hydroxylation is 1. The van der Waals surface area contributed by atoms with E-state index in [1.807, 2.05) is 0 Å². The number of benzene rings is 1. The van der Waals surface area contributed by atoms with Crippen LogP contribution in [0.15, 0.2) is 18.2 Å². The number of rotatable bonds is 3. The molecule has 1 aromatic carbocycles. The first kappa shape index (κ1) is 14.2. The second-order valence-corrected chi connectivity index (χ2v) is 4.61. The van der Waals surface area contributed by atoms with Crippen LogP contribution in [0.4, 0.5) is 10.2 Å². The Bertz CT molecular complexity index is 668. The number of halogens is 2. The second kappa shape index (κ2) is 5.42. The summed E-state index contributed by atoms with van der Waals surface area (Å²) in [5.41, 5.74) is 6.41. The highest BCUT2D eigenvalue weighted by molar-refractivity contribution is 6.31. The van der Waals surface area contributed by atoms with E-state index < -0.39 is 11.8 Å². The molecular formula is C13H11ClFN3O2. The minimum atomic E-state index is -1.17. The highest BCUT2D eigenvalue weighted by Crippen LogP contribution is 2.21. The van der Waals surface area contributed by atoms with Gasteiger partial charge in [0.15, 0.2) is 0 Å². The van der Waals surface area contributed by atoms with Gasteiger partial charge in [-0.05, 0) is 24.6 Å². The zero-order valence-corrected chi connectivity index (χ0v) is 11.3. The smallest absolute Gasteiger partial charge is 0.341 e. The summed E-state index contributed by atoms with van der Waals surface area (Å²) in [5, 5.41) is 9.24. The summed E-state index contributed by atoms with van der Waals surface area (Å²) < 4.78 is 13.0. The van der Waals surface area contributed by atoms with Gasteiger partial charge in [-0.2, -0.15) is 0 Å². The zero-order chi connectivity index (χ0) is 14.9. The summed E-state index contributed by atoms with van der Waals surface area (Å²) in [5.74, 6) is -1.38. The molecule has 3 N–H and O–H groups in total. The molecule has 104 valence electrons. The van der Waals surface area contributed by atoms with E-state index in [1.54, 1.807) is 0 Å². The van der Waals surface area contributed by atoms with E-state index in [0.717, 1.165) is 0 Å². The molecule has 5 nitrogen and oxygen atoms in total. The fourth-order valence-electron chi connectivity index (χ4n) is 1.83. The molecule has 0 bridgehead atoms. The van der Waals surface area contributed by atoms with Gasteiger partial charge in [0.1, 0.15) is 23.0 Å². The number of hydrogen-bond donors (Lipinski definition) is 2. The lowest BCUT2D eigenvalue weighted by atomic mass is 10.1. The Morgan fingerprint density at radius 2 is 2.15 bits per heavy atom. The van der Waals surface area contributed by atoms with E-state index in [0.29, 0.717) is 11.4 Å². The lowest BCUT2D eigenvalue weighted by Gasteiger charge is -2.08. The normalized spacial score (nSPS) is 10.6. The Kier molecular flexibility index (Phi) is 3.85. The predicted molar refractivity (Wildman–Crippen MR) is 72.4 cm³/mol. The van der Waals surface area contributed by atoms with E-state index in [1.165, 1.54) is 25.1 Å². The van der Waals surface area contributed by atoms with Crippen LogP contribution in [0.5, 0.6) is 0 Å². The number of carboxylic acids is 1. The molecule has 0 unspecified atom stereocenters. The van der Waals surface area contributed by atoms with Crippen molar-refractivity contribution in [3.8, 4) is 0 Å². The number of aromatic nitrogens is 2. The molecule has 7 heteroatoms. The van der Waals surface area contributed by atoms with Crippen molar-refractivity contribution in [1.82, 2.24) is 9.97 Å². The Morgan fingerprint density at radius 1 is 1.45 bits per heavy atom. The standard InChI is InChI=1S/C13H11ClFN3O2/c1-6-11(13(19)20)12(16)18-10(17-6)4-7-2-3-8(15)5-9(7)14/h2-3,5H,4H2,1H3,(H,19,20)(H2,16,17,18). The van der Waals surface area contributed by atoms with E-state index in [-0.39, 0.29) is 28.5 Å². The Hall–Kier alpha value is -2.21. The summed E-state index contributed by atoms with van der Waals surface area (Å²) in [6, 6.07) is 4.00. The highest BCUT2D eigenvalue weighted by atomic mass is 35.5. The lowest BCUT2D eigenvalue weighted by Crippen LogP contribution is -2.12. The van der Waals surface area contributed by atoms with Crippen LogP contribution in [0.1, 0.15) is 27.4 Å². The number of anilines is 1. The van der Waals surface area contributed by atoms with Gasteiger partial charge in [-0.25, -0.2) is 19.2 Å². The first-order chi connectivity index (χ1) is 9.38. The SMILES string of the molecule is Cc1nc(Cc2ccc(F)cc2Cl)nc(N)c1C(=O)O. The number of carboxylic acid groups (broad SMARTS) is 1. The molecule has 0 aliphatic rings. The molecule has 1 aromatic heterocycles. The molecule has 0 aliphatic heterocycles. The van der Waals surface area contributed by atoms with Crippen LogP contribution in [0.2, 0.25) is 5.02 Å². The van der Waals surface area contributed by atoms with Crippen molar-refractivity contribution in [2.45, 2.75) is 13.3 Å². The maximum atomic E-state index is 13.0. The third kappa shape index (κ3) is 2.85. The molecule has 2 aromatic rings. The Labute approximate surface area is 119 Å². The number of nitrogens with zero attached hydrogens (tertiary/aromatic N) is 2. The maximum Gasteiger partial charge on any atom is 0.341 e.